The molecule has 0 bridgehead atoms. The average Bonchev–Trinajstić information content (AvgIpc) is 2.29. The highest BCUT2D eigenvalue weighted by atomic mass is 16.3. The van der Waals surface area contributed by atoms with Gasteiger partial charge in [0.05, 0.1) is 0 Å². The van der Waals surface area contributed by atoms with E-state index in [2.05, 4.69) is 26.8 Å². The van der Waals surface area contributed by atoms with Crippen molar-refractivity contribution in [3.8, 4) is 5.75 Å². The highest BCUT2D eigenvalue weighted by molar-refractivity contribution is 5.43. The second kappa shape index (κ2) is 3.76. The van der Waals surface area contributed by atoms with Gasteiger partial charge in [-0.05, 0) is 65.7 Å². The summed E-state index contributed by atoms with van der Waals surface area (Å²) in [5.41, 5.74) is 3.60. The van der Waals surface area contributed by atoms with Crippen LogP contribution in [0.5, 0.6) is 5.75 Å². The van der Waals surface area contributed by atoms with E-state index in [1.54, 1.807) is 0 Å². The summed E-state index contributed by atoms with van der Waals surface area (Å²) in [7, 11) is 0. The van der Waals surface area contributed by atoms with Gasteiger partial charge in [0.15, 0.2) is 0 Å². The molecule has 0 unspecified atom stereocenters. The van der Waals surface area contributed by atoms with Crippen LogP contribution in [-0.2, 0) is 11.8 Å². The summed E-state index contributed by atoms with van der Waals surface area (Å²) >= 11 is 0. The number of hydrogen-bond acceptors (Lipinski definition) is 1. The lowest BCUT2D eigenvalue weighted by atomic mass is 9.50. The summed E-state index contributed by atoms with van der Waals surface area (Å²) in [6.45, 7) is 7.29. The molecule has 1 heteroatoms. The molecule has 2 aliphatic rings. The first-order chi connectivity index (χ1) is 8.43. The fraction of sp³-hybridized carbons (Fsp3) is 0.647. The Labute approximate surface area is 110 Å². The minimum absolute atomic E-state index is 0.272. The summed E-state index contributed by atoms with van der Waals surface area (Å²) < 4.78 is 0. The molecule has 3 rings (SSSR count). The smallest absolute Gasteiger partial charge is 0.115 e. The molecule has 1 fully saturated rings. The molecule has 0 heterocycles. The van der Waals surface area contributed by atoms with E-state index in [0.29, 0.717) is 11.2 Å². The van der Waals surface area contributed by atoms with Crippen LogP contribution in [0.15, 0.2) is 18.2 Å². The topological polar surface area (TPSA) is 20.2 Å². The van der Waals surface area contributed by atoms with Crippen LogP contribution in [-0.4, -0.2) is 5.11 Å². The molecule has 98 valence electrons. The maximum Gasteiger partial charge on any atom is 0.115 e. The number of rotatable bonds is 0. The number of phenolic OH excluding ortho intramolecular Hbond substituents is 1. The van der Waals surface area contributed by atoms with Crippen molar-refractivity contribution >= 4 is 0 Å². The van der Waals surface area contributed by atoms with Crippen molar-refractivity contribution in [2.24, 2.45) is 11.3 Å². The molecular weight excluding hydrogens is 220 g/mol. The minimum atomic E-state index is 0.272. The Morgan fingerprint density at radius 2 is 1.94 bits per heavy atom. The van der Waals surface area contributed by atoms with Gasteiger partial charge in [0.25, 0.3) is 0 Å². The Bertz CT molecular complexity index is 474. The Hall–Kier alpha value is -0.980. The first-order valence-corrected chi connectivity index (χ1v) is 7.26. The Morgan fingerprint density at radius 1 is 1.17 bits per heavy atom. The molecule has 1 saturated carbocycles. The Morgan fingerprint density at radius 3 is 2.72 bits per heavy atom. The lowest BCUT2D eigenvalue weighted by molar-refractivity contribution is 0.0406. The van der Waals surface area contributed by atoms with Gasteiger partial charge < -0.3 is 5.11 Å². The van der Waals surface area contributed by atoms with Crippen molar-refractivity contribution < 1.29 is 5.11 Å². The maximum atomic E-state index is 9.82. The van der Waals surface area contributed by atoms with Crippen LogP contribution in [0.4, 0.5) is 0 Å². The molecule has 1 N–H and O–H groups in total. The van der Waals surface area contributed by atoms with Crippen LogP contribution in [0.3, 0.4) is 0 Å². The number of aryl methyl sites for hydroxylation is 1. The molecule has 18 heavy (non-hydrogen) atoms. The van der Waals surface area contributed by atoms with E-state index in [1.807, 2.05) is 12.1 Å². The number of phenols is 1. The molecule has 0 radical (unpaired) electrons. The maximum absolute atomic E-state index is 9.82. The third-order valence-corrected chi connectivity index (χ3v) is 5.64. The summed E-state index contributed by atoms with van der Waals surface area (Å²) in [6, 6.07) is 6.01. The molecule has 1 aromatic rings. The number of hydrogen-bond donors (Lipinski definition) is 1. The van der Waals surface area contributed by atoms with Gasteiger partial charge in [-0.2, -0.15) is 0 Å². The highest BCUT2D eigenvalue weighted by Crippen LogP contribution is 2.57. The van der Waals surface area contributed by atoms with E-state index in [0.717, 1.165) is 5.92 Å². The molecule has 0 saturated heterocycles. The fourth-order valence-electron chi connectivity index (χ4n) is 4.77. The fourth-order valence-corrected chi connectivity index (χ4v) is 4.77. The van der Waals surface area contributed by atoms with E-state index in [9.17, 15) is 5.11 Å². The van der Waals surface area contributed by atoms with Crippen LogP contribution >= 0.6 is 0 Å². The molecular formula is C17H24O. The van der Waals surface area contributed by atoms with Crippen molar-refractivity contribution in [3.63, 3.8) is 0 Å². The van der Waals surface area contributed by atoms with Crippen molar-refractivity contribution in [2.45, 2.75) is 58.3 Å². The van der Waals surface area contributed by atoms with E-state index < -0.39 is 0 Å². The van der Waals surface area contributed by atoms with E-state index in [1.165, 1.54) is 43.2 Å². The van der Waals surface area contributed by atoms with Crippen molar-refractivity contribution in [2.75, 3.05) is 0 Å². The van der Waals surface area contributed by atoms with Gasteiger partial charge >= 0.3 is 0 Å². The van der Waals surface area contributed by atoms with Crippen LogP contribution < -0.4 is 0 Å². The van der Waals surface area contributed by atoms with Gasteiger partial charge in [-0.25, -0.2) is 0 Å². The van der Waals surface area contributed by atoms with E-state index in [4.69, 9.17) is 0 Å². The van der Waals surface area contributed by atoms with E-state index >= 15 is 0 Å². The molecule has 1 nitrogen and oxygen atoms in total. The predicted molar refractivity (Wildman–Crippen MR) is 74.9 cm³/mol. The lowest BCUT2D eigenvalue weighted by Crippen LogP contribution is -2.47. The quantitative estimate of drug-likeness (QED) is 0.716. The Kier molecular flexibility index (Phi) is 2.52. The van der Waals surface area contributed by atoms with Crippen LogP contribution in [0, 0.1) is 11.3 Å². The summed E-state index contributed by atoms with van der Waals surface area (Å²) in [5.74, 6) is 1.19. The zero-order valence-electron chi connectivity index (χ0n) is 11.8. The van der Waals surface area contributed by atoms with Gasteiger partial charge in [0.2, 0.25) is 0 Å². The van der Waals surface area contributed by atoms with Crippen molar-refractivity contribution in [1.29, 1.82) is 0 Å². The van der Waals surface area contributed by atoms with Crippen molar-refractivity contribution in [1.82, 2.24) is 0 Å². The molecule has 1 aromatic carbocycles. The van der Waals surface area contributed by atoms with Gasteiger partial charge in [0, 0.05) is 0 Å². The predicted octanol–water partition coefficient (Wildman–Crippen LogP) is 4.42. The average molecular weight is 244 g/mol. The largest absolute Gasteiger partial charge is 0.508 e. The Balaban J connectivity index is 2.13. The van der Waals surface area contributed by atoms with Crippen LogP contribution in [0.25, 0.3) is 0 Å². The third kappa shape index (κ3) is 1.60. The lowest BCUT2D eigenvalue weighted by Gasteiger charge is -2.54. The molecule has 0 amide bonds. The van der Waals surface area contributed by atoms with Gasteiger partial charge in [-0.1, -0.05) is 33.3 Å². The van der Waals surface area contributed by atoms with Crippen molar-refractivity contribution in [3.05, 3.63) is 29.3 Å². The first kappa shape index (κ1) is 12.1. The summed E-state index contributed by atoms with van der Waals surface area (Å²) in [6.07, 6.45) is 6.43. The summed E-state index contributed by atoms with van der Waals surface area (Å²) in [5, 5.41) is 9.82. The number of benzene rings is 1. The molecule has 0 aromatic heterocycles. The first-order valence-electron chi connectivity index (χ1n) is 7.26. The molecule has 0 aliphatic heterocycles. The van der Waals surface area contributed by atoms with Gasteiger partial charge in [0.1, 0.15) is 5.75 Å². The third-order valence-electron chi connectivity index (χ3n) is 5.64. The van der Waals surface area contributed by atoms with Gasteiger partial charge in [-0.15, -0.1) is 0 Å². The van der Waals surface area contributed by atoms with E-state index in [-0.39, 0.29) is 5.41 Å². The zero-order valence-corrected chi connectivity index (χ0v) is 11.8. The summed E-state index contributed by atoms with van der Waals surface area (Å²) in [4.78, 5) is 0. The van der Waals surface area contributed by atoms with Crippen LogP contribution in [0.1, 0.15) is 57.6 Å². The zero-order chi connectivity index (χ0) is 13.0. The second-order valence-corrected chi connectivity index (χ2v) is 7.19. The molecule has 0 spiro atoms. The van der Waals surface area contributed by atoms with Crippen LogP contribution in [0.2, 0.25) is 0 Å². The number of aromatic hydroxyl groups is 1. The molecule has 2 atom stereocenters. The number of fused-ring (bicyclic) bond motifs is 3. The minimum Gasteiger partial charge on any atom is -0.508 e. The molecule has 2 aliphatic carbocycles. The standard InChI is InChI=1S/C17H24O/c1-16(2)9-4-10-17(3)14-11-13(18)7-5-12(14)6-8-15(16)17/h5,7,11,15,18H,4,6,8-10H2,1-3H3/t15-,17+/m0/s1. The monoisotopic (exact) mass is 244 g/mol. The SMILES string of the molecule is CC1(C)CCC[C@]2(C)c3cc(O)ccc3CC[C@@H]12. The normalized spacial score (nSPS) is 33.6. The second-order valence-electron chi connectivity index (χ2n) is 7.19. The highest BCUT2D eigenvalue weighted by Gasteiger charge is 2.49. The van der Waals surface area contributed by atoms with Gasteiger partial charge in [-0.3, -0.25) is 0 Å².